The second-order valence-electron chi connectivity index (χ2n) is 4.81. The maximum Gasteiger partial charge on any atom is 0.202 e. The van der Waals surface area contributed by atoms with Crippen molar-refractivity contribution in [1.82, 2.24) is 0 Å². The van der Waals surface area contributed by atoms with E-state index < -0.39 is 0 Å². The van der Waals surface area contributed by atoms with Crippen molar-refractivity contribution >= 4 is 44.9 Å². The molecule has 0 saturated heterocycles. The van der Waals surface area contributed by atoms with Gasteiger partial charge in [0.1, 0.15) is 0 Å². The quantitative estimate of drug-likeness (QED) is 0.601. The van der Waals surface area contributed by atoms with Gasteiger partial charge in [-0.15, -0.1) is 11.7 Å². The van der Waals surface area contributed by atoms with E-state index in [0.717, 1.165) is 16.2 Å². The maximum absolute atomic E-state index is 12.4. The highest BCUT2D eigenvalue weighted by atomic mass is 33.1. The van der Waals surface area contributed by atoms with Crippen LogP contribution in [0.2, 0.25) is 0 Å². The summed E-state index contributed by atoms with van der Waals surface area (Å²) in [5.74, 6) is -0.0735. The molecule has 3 rings (SSSR count). The fourth-order valence-electron chi connectivity index (χ4n) is 2.48. The van der Waals surface area contributed by atoms with Crippen molar-refractivity contribution in [1.29, 1.82) is 0 Å². The van der Waals surface area contributed by atoms with Crippen LogP contribution in [0.15, 0.2) is 64.9 Å². The van der Waals surface area contributed by atoms with Gasteiger partial charge in [-0.25, -0.2) is 0 Å². The molecule has 1 heterocycles. The van der Waals surface area contributed by atoms with Crippen molar-refractivity contribution in [3.05, 3.63) is 76.0 Å². The lowest BCUT2D eigenvalue weighted by Crippen LogP contribution is -2.14. The minimum absolute atomic E-state index is 0.0735. The fraction of sp³-hybridized carbons (Fsp3) is 0.118. The molecule has 2 aromatic carbocycles. The van der Waals surface area contributed by atoms with E-state index in [1.54, 1.807) is 0 Å². The smallest absolute Gasteiger partial charge is 0.202 e. The number of thioether (sulfide) groups is 1. The summed E-state index contributed by atoms with van der Waals surface area (Å²) in [6, 6.07) is 20.3. The van der Waals surface area contributed by atoms with Gasteiger partial charge in [-0.1, -0.05) is 71.5 Å². The molecule has 0 amide bonds. The van der Waals surface area contributed by atoms with Gasteiger partial charge in [0, 0.05) is 0 Å². The lowest BCUT2D eigenvalue weighted by atomic mass is 9.90. The molecule has 4 heteroatoms. The Bertz CT molecular complexity index is 665. The molecule has 0 saturated carbocycles. The molecule has 1 unspecified atom stereocenters. The van der Waals surface area contributed by atoms with Gasteiger partial charge < -0.3 is 0 Å². The first-order valence-electron chi connectivity index (χ1n) is 6.66. The van der Waals surface area contributed by atoms with E-state index >= 15 is 0 Å². The van der Waals surface area contributed by atoms with Crippen molar-refractivity contribution < 1.29 is 4.79 Å². The van der Waals surface area contributed by atoms with Gasteiger partial charge in [0.2, 0.25) is 5.12 Å². The van der Waals surface area contributed by atoms with E-state index in [1.165, 1.54) is 33.7 Å². The summed E-state index contributed by atoms with van der Waals surface area (Å²) >= 11 is 5.64. The summed E-state index contributed by atoms with van der Waals surface area (Å²) in [5, 5.41) is 0.206. The number of allylic oxidation sites excluding steroid dienone is 1. The van der Waals surface area contributed by atoms with Crippen LogP contribution in [0.1, 0.15) is 23.5 Å². The maximum atomic E-state index is 12.4. The molecular formula is C17H14OS3. The molecule has 0 radical (unpaired) electrons. The van der Waals surface area contributed by atoms with Crippen LogP contribution >= 0.6 is 34.2 Å². The van der Waals surface area contributed by atoms with Gasteiger partial charge in [-0.2, -0.15) is 0 Å². The first-order valence-corrected chi connectivity index (χ1v) is 9.34. The third-order valence-corrected chi connectivity index (χ3v) is 6.29. The number of carbonyl (C=O) groups excluding carboxylic acids is 1. The zero-order chi connectivity index (χ0) is 14.7. The van der Waals surface area contributed by atoms with Crippen molar-refractivity contribution in [2.75, 3.05) is 0 Å². The average molecular weight is 330 g/mol. The fourth-order valence-corrected chi connectivity index (χ4v) is 4.72. The molecule has 0 aliphatic carbocycles. The van der Waals surface area contributed by atoms with E-state index in [0.29, 0.717) is 0 Å². The summed E-state index contributed by atoms with van der Waals surface area (Å²) in [5.41, 5.74) is 3.48. The van der Waals surface area contributed by atoms with E-state index in [-0.39, 0.29) is 11.0 Å². The second kappa shape index (κ2) is 6.77. The van der Waals surface area contributed by atoms with Crippen LogP contribution in [0.25, 0.3) is 5.57 Å². The predicted octanol–water partition coefficient (Wildman–Crippen LogP) is 5.38. The number of carbonyl (C=O) groups is 1. The molecule has 106 valence electrons. The van der Waals surface area contributed by atoms with Crippen LogP contribution < -0.4 is 0 Å². The number of hydrogen-bond donors (Lipinski definition) is 1. The summed E-state index contributed by atoms with van der Waals surface area (Å²) in [7, 11) is 1.37. The van der Waals surface area contributed by atoms with Crippen LogP contribution in [-0.4, -0.2) is 5.12 Å². The van der Waals surface area contributed by atoms with Crippen LogP contribution in [-0.2, 0) is 4.79 Å². The molecule has 2 aromatic rings. The standard InChI is InChI=1S/C17H14OS3/c18-16-14(12-7-3-1-4-8-12)11-15(17(20-16)21-19)13-9-5-2-6-10-13/h1-10,14,19H,11H2. The molecule has 0 spiro atoms. The lowest BCUT2D eigenvalue weighted by Gasteiger charge is -2.25. The normalized spacial score (nSPS) is 18.9. The van der Waals surface area contributed by atoms with Gasteiger partial charge in [-0.3, -0.25) is 4.79 Å². The van der Waals surface area contributed by atoms with E-state index in [2.05, 4.69) is 23.8 Å². The van der Waals surface area contributed by atoms with Gasteiger partial charge in [0.15, 0.2) is 0 Å². The van der Waals surface area contributed by atoms with Gasteiger partial charge in [0.05, 0.1) is 10.2 Å². The van der Waals surface area contributed by atoms with Crippen LogP contribution in [0.4, 0.5) is 0 Å². The molecule has 1 atom stereocenters. The number of hydrogen-bond acceptors (Lipinski definition) is 4. The zero-order valence-electron chi connectivity index (χ0n) is 11.2. The Morgan fingerprint density at radius 3 is 2.24 bits per heavy atom. The Hall–Kier alpha value is -1.10. The highest BCUT2D eigenvalue weighted by molar-refractivity contribution is 8.73. The summed E-state index contributed by atoms with van der Waals surface area (Å²) in [6.07, 6.45) is 0.739. The predicted molar refractivity (Wildman–Crippen MR) is 96.3 cm³/mol. The third kappa shape index (κ3) is 3.23. The largest absolute Gasteiger partial charge is 0.286 e. The topological polar surface area (TPSA) is 17.1 Å². The Balaban J connectivity index is 2.00. The Morgan fingerprint density at radius 2 is 1.62 bits per heavy atom. The summed E-state index contributed by atoms with van der Waals surface area (Å²) in [4.78, 5) is 12.4. The number of rotatable bonds is 3. The monoisotopic (exact) mass is 330 g/mol. The molecule has 1 aliphatic heterocycles. The first-order chi connectivity index (χ1) is 10.3. The molecule has 0 N–H and O–H groups in total. The molecule has 1 aliphatic rings. The summed E-state index contributed by atoms with van der Waals surface area (Å²) in [6.45, 7) is 0. The summed E-state index contributed by atoms with van der Waals surface area (Å²) < 4.78 is 1.00. The molecule has 0 bridgehead atoms. The molecule has 0 aromatic heterocycles. The second-order valence-corrected chi connectivity index (χ2v) is 7.22. The molecular weight excluding hydrogens is 316 g/mol. The van der Waals surface area contributed by atoms with Gasteiger partial charge >= 0.3 is 0 Å². The minimum Gasteiger partial charge on any atom is -0.286 e. The number of thiol groups is 1. The molecule has 1 nitrogen and oxygen atoms in total. The molecule has 21 heavy (non-hydrogen) atoms. The van der Waals surface area contributed by atoms with E-state index in [9.17, 15) is 4.79 Å². The van der Waals surface area contributed by atoms with Crippen molar-refractivity contribution in [2.45, 2.75) is 12.3 Å². The molecule has 0 fully saturated rings. The Morgan fingerprint density at radius 1 is 1.00 bits per heavy atom. The van der Waals surface area contributed by atoms with Crippen LogP contribution in [0, 0.1) is 0 Å². The minimum atomic E-state index is -0.0735. The Kier molecular flexibility index (Phi) is 4.78. The van der Waals surface area contributed by atoms with Crippen molar-refractivity contribution in [3.8, 4) is 0 Å². The van der Waals surface area contributed by atoms with Crippen LogP contribution in [0.3, 0.4) is 0 Å². The van der Waals surface area contributed by atoms with Crippen LogP contribution in [0.5, 0.6) is 0 Å². The lowest BCUT2D eigenvalue weighted by molar-refractivity contribution is -0.112. The van der Waals surface area contributed by atoms with E-state index in [4.69, 9.17) is 0 Å². The highest BCUT2D eigenvalue weighted by Gasteiger charge is 2.30. The van der Waals surface area contributed by atoms with E-state index in [1.807, 2.05) is 48.5 Å². The highest BCUT2D eigenvalue weighted by Crippen LogP contribution is 2.49. The SMILES string of the molecule is O=C1SC(SS)=C(c2ccccc2)CC1c1ccccc1. The third-order valence-electron chi connectivity index (χ3n) is 3.54. The first kappa shape index (κ1) is 14.8. The number of benzene rings is 2. The zero-order valence-corrected chi connectivity index (χ0v) is 13.8. The van der Waals surface area contributed by atoms with Gasteiger partial charge in [0.25, 0.3) is 0 Å². The van der Waals surface area contributed by atoms with Crippen molar-refractivity contribution in [3.63, 3.8) is 0 Å². The van der Waals surface area contributed by atoms with Crippen molar-refractivity contribution in [2.24, 2.45) is 0 Å². The average Bonchev–Trinajstić information content (AvgIpc) is 2.56. The Labute approximate surface area is 138 Å². The van der Waals surface area contributed by atoms with Gasteiger partial charge in [-0.05, 0) is 34.9 Å².